The van der Waals surface area contributed by atoms with Crippen molar-refractivity contribution in [1.82, 2.24) is 10.2 Å². The number of urea groups is 1. The summed E-state index contributed by atoms with van der Waals surface area (Å²) in [5.74, 6) is -0.155. The summed E-state index contributed by atoms with van der Waals surface area (Å²) >= 11 is 0. The molecule has 2 aliphatic rings. The first-order chi connectivity index (χ1) is 12.2. The third-order valence-electron chi connectivity index (χ3n) is 5.03. The summed E-state index contributed by atoms with van der Waals surface area (Å²) in [7, 11) is 0. The van der Waals surface area contributed by atoms with Crippen LogP contribution in [0.5, 0.6) is 0 Å². The molecule has 25 heavy (non-hydrogen) atoms. The van der Waals surface area contributed by atoms with E-state index in [2.05, 4.69) is 10.6 Å². The smallest absolute Gasteiger partial charge is 0.317 e. The second kappa shape index (κ2) is 6.75. The number of hydrogen-bond acceptors (Lipinski definition) is 2. The predicted molar refractivity (Wildman–Crippen MR) is 98.4 cm³/mol. The Morgan fingerprint density at radius 1 is 1.00 bits per heavy atom. The molecule has 2 aromatic rings. The minimum Gasteiger partial charge on any atom is -0.335 e. The Hall–Kier alpha value is -2.56. The summed E-state index contributed by atoms with van der Waals surface area (Å²) in [6.07, 6.45) is 3.84. The molecule has 3 amide bonds. The molecule has 0 spiro atoms. The highest BCUT2D eigenvalue weighted by molar-refractivity contribution is 6.03. The van der Waals surface area contributed by atoms with Gasteiger partial charge in [-0.3, -0.25) is 4.79 Å². The first kappa shape index (κ1) is 15.9. The predicted octanol–water partition coefficient (Wildman–Crippen LogP) is 3.36. The van der Waals surface area contributed by atoms with Crippen molar-refractivity contribution in [3.8, 4) is 0 Å². The van der Waals surface area contributed by atoms with E-state index in [1.807, 2.05) is 42.5 Å². The van der Waals surface area contributed by atoms with Gasteiger partial charge in [0.25, 0.3) is 0 Å². The third kappa shape index (κ3) is 3.60. The molecule has 2 N–H and O–H groups in total. The van der Waals surface area contributed by atoms with Crippen LogP contribution in [0.3, 0.4) is 0 Å². The fourth-order valence-corrected chi connectivity index (χ4v) is 3.44. The molecule has 1 heterocycles. The lowest BCUT2D eigenvalue weighted by Gasteiger charge is -2.32. The van der Waals surface area contributed by atoms with Crippen LogP contribution in [-0.4, -0.2) is 36.0 Å². The maximum absolute atomic E-state index is 12.7. The molecule has 0 aromatic heterocycles. The van der Waals surface area contributed by atoms with Crippen molar-refractivity contribution in [3.63, 3.8) is 0 Å². The monoisotopic (exact) mass is 337 g/mol. The van der Waals surface area contributed by atoms with Gasteiger partial charge < -0.3 is 15.5 Å². The number of nitrogens with zero attached hydrogens (tertiary/aromatic N) is 1. The standard InChI is InChI=1S/C20H23N3O2/c24-19(22-18-9-3-6-14-5-1-2-8-17(14)18)15-7-4-12-23(13-15)20(25)21-16-10-11-16/h1-3,5-6,8-9,15-16H,4,7,10-13H2,(H,21,25)(H,22,24). The summed E-state index contributed by atoms with van der Waals surface area (Å²) in [6.45, 7) is 1.23. The molecule has 5 heteroatoms. The van der Waals surface area contributed by atoms with Gasteiger partial charge in [0.1, 0.15) is 0 Å². The van der Waals surface area contributed by atoms with Crippen LogP contribution in [0.2, 0.25) is 0 Å². The van der Waals surface area contributed by atoms with Gasteiger partial charge in [-0.2, -0.15) is 0 Å². The van der Waals surface area contributed by atoms with E-state index in [9.17, 15) is 9.59 Å². The minimum absolute atomic E-state index is 0.000255. The van der Waals surface area contributed by atoms with Gasteiger partial charge >= 0.3 is 6.03 Å². The van der Waals surface area contributed by atoms with Gasteiger partial charge in [-0.15, -0.1) is 0 Å². The largest absolute Gasteiger partial charge is 0.335 e. The van der Waals surface area contributed by atoms with Crippen LogP contribution in [-0.2, 0) is 4.79 Å². The number of amides is 3. The van der Waals surface area contributed by atoms with Crippen molar-refractivity contribution in [2.75, 3.05) is 18.4 Å². The molecule has 5 nitrogen and oxygen atoms in total. The molecule has 1 atom stereocenters. The summed E-state index contributed by atoms with van der Waals surface area (Å²) in [5.41, 5.74) is 0.836. The molecule has 2 aromatic carbocycles. The van der Waals surface area contributed by atoms with Crippen molar-refractivity contribution in [3.05, 3.63) is 42.5 Å². The molecular formula is C20H23N3O2. The van der Waals surface area contributed by atoms with E-state index in [0.717, 1.165) is 48.7 Å². The van der Waals surface area contributed by atoms with Gasteiger partial charge in [-0.25, -0.2) is 4.79 Å². The summed E-state index contributed by atoms with van der Waals surface area (Å²) in [5, 5.41) is 8.23. The van der Waals surface area contributed by atoms with Gasteiger partial charge in [-0.1, -0.05) is 36.4 Å². The highest BCUT2D eigenvalue weighted by Gasteiger charge is 2.31. The lowest BCUT2D eigenvalue weighted by atomic mass is 9.97. The van der Waals surface area contributed by atoms with Crippen LogP contribution in [0.4, 0.5) is 10.5 Å². The Labute approximate surface area is 147 Å². The van der Waals surface area contributed by atoms with Crippen molar-refractivity contribution in [2.45, 2.75) is 31.7 Å². The molecule has 1 saturated carbocycles. The highest BCUT2D eigenvalue weighted by Crippen LogP contribution is 2.25. The van der Waals surface area contributed by atoms with Crippen molar-refractivity contribution in [1.29, 1.82) is 0 Å². The average Bonchev–Trinajstić information content (AvgIpc) is 3.46. The van der Waals surface area contributed by atoms with E-state index >= 15 is 0 Å². The molecule has 4 rings (SSSR count). The third-order valence-corrected chi connectivity index (χ3v) is 5.03. The number of rotatable bonds is 3. The van der Waals surface area contributed by atoms with Gasteiger partial charge in [-0.05, 0) is 37.1 Å². The van der Waals surface area contributed by atoms with Gasteiger partial charge in [0.05, 0.1) is 5.92 Å². The maximum atomic E-state index is 12.7. The molecule has 0 bridgehead atoms. The van der Waals surface area contributed by atoms with Gasteiger partial charge in [0.15, 0.2) is 0 Å². The average molecular weight is 337 g/mol. The summed E-state index contributed by atoms with van der Waals surface area (Å²) in [6, 6.07) is 14.3. The molecule has 2 fully saturated rings. The number of nitrogens with one attached hydrogen (secondary N) is 2. The Balaban J connectivity index is 1.44. The van der Waals surface area contributed by atoms with Crippen LogP contribution < -0.4 is 10.6 Å². The SMILES string of the molecule is O=C(Nc1cccc2ccccc12)C1CCCN(C(=O)NC2CC2)C1. The Morgan fingerprint density at radius 2 is 1.80 bits per heavy atom. The van der Waals surface area contributed by atoms with Gasteiger partial charge in [0, 0.05) is 30.2 Å². The lowest BCUT2D eigenvalue weighted by Crippen LogP contribution is -2.48. The second-order valence-electron chi connectivity index (χ2n) is 7.02. The Kier molecular flexibility index (Phi) is 4.30. The number of hydrogen-bond donors (Lipinski definition) is 2. The van der Waals surface area contributed by atoms with Crippen LogP contribution in [0.1, 0.15) is 25.7 Å². The van der Waals surface area contributed by atoms with E-state index < -0.39 is 0 Å². The highest BCUT2D eigenvalue weighted by atomic mass is 16.2. The lowest BCUT2D eigenvalue weighted by molar-refractivity contribution is -0.121. The maximum Gasteiger partial charge on any atom is 0.317 e. The van der Waals surface area contributed by atoms with Crippen molar-refractivity contribution < 1.29 is 9.59 Å². The normalized spacial score (nSPS) is 20.3. The second-order valence-corrected chi connectivity index (χ2v) is 7.02. The van der Waals surface area contributed by atoms with Crippen LogP contribution >= 0.6 is 0 Å². The number of carbonyl (C=O) groups is 2. The van der Waals surface area contributed by atoms with Crippen LogP contribution in [0.15, 0.2) is 42.5 Å². The van der Waals surface area contributed by atoms with E-state index in [1.54, 1.807) is 4.90 Å². The van der Waals surface area contributed by atoms with Crippen molar-refractivity contribution >= 4 is 28.4 Å². The number of benzene rings is 2. The summed E-state index contributed by atoms with van der Waals surface area (Å²) < 4.78 is 0. The zero-order valence-electron chi connectivity index (χ0n) is 14.2. The number of carbonyl (C=O) groups excluding carboxylic acids is 2. The molecule has 1 saturated heterocycles. The minimum atomic E-state index is -0.155. The number of fused-ring (bicyclic) bond motifs is 1. The Bertz CT molecular complexity index is 795. The molecular weight excluding hydrogens is 314 g/mol. The molecule has 0 radical (unpaired) electrons. The van der Waals surface area contributed by atoms with Crippen LogP contribution in [0, 0.1) is 5.92 Å². The molecule has 1 aliphatic heterocycles. The first-order valence-electron chi connectivity index (χ1n) is 9.05. The van der Waals surface area contributed by atoms with E-state index in [4.69, 9.17) is 0 Å². The molecule has 1 unspecified atom stereocenters. The van der Waals surface area contributed by atoms with Crippen molar-refractivity contribution in [2.24, 2.45) is 5.92 Å². The molecule has 130 valence electrons. The van der Waals surface area contributed by atoms with E-state index in [0.29, 0.717) is 12.6 Å². The fourth-order valence-electron chi connectivity index (χ4n) is 3.44. The van der Waals surface area contributed by atoms with E-state index in [1.165, 1.54) is 0 Å². The zero-order valence-corrected chi connectivity index (χ0v) is 14.2. The quantitative estimate of drug-likeness (QED) is 0.902. The van der Waals surface area contributed by atoms with Crippen LogP contribution in [0.25, 0.3) is 10.8 Å². The van der Waals surface area contributed by atoms with Gasteiger partial charge in [0.2, 0.25) is 5.91 Å². The first-order valence-corrected chi connectivity index (χ1v) is 9.05. The molecule has 1 aliphatic carbocycles. The topological polar surface area (TPSA) is 61.4 Å². The number of anilines is 1. The fraction of sp³-hybridized carbons (Fsp3) is 0.400. The van der Waals surface area contributed by atoms with E-state index in [-0.39, 0.29) is 17.9 Å². The summed E-state index contributed by atoms with van der Waals surface area (Å²) in [4.78, 5) is 26.8. The number of piperidine rings is 1. The zero-order chi connectivity index (χ0) is 17.2. The number of likely N-dealkylation sites (tertiary alicyclic amines) is 1. The Morgan fingerprint density at radius 3 is 2.64 bits per heavy atom.